The molecule has 0 radical (unpaired) electrons. The highest BCUT2D eigenvalue weighted by Gasteiger charge is 2.53. The highest BCUT2D eigenvalue weighted by atomic mass is 16.7. The van der Waals surface area contributed by atoms with Crippen LogP contribution in [0.25, 0.3) is 4.85 Å². The Morgan fingerprint density at radius 2 is 2.27 bits per heavy atom. The van der Waals surface area contributed by atoms with Gasteiger partial charge in [-0.1, -0.05) is 6.07 Å². The standard InChI is InChI=1S/C16H18N2O4/c1-4-20-15(19)11-8-16(2,17-3)14(18-11)10-5-6-12-13(7-10)22-9-21-12/h5-7,11,14,18H,4,8-9H2,1-2H3/t11-,14-,16-/m0/s1. The first-order valence-electron chi connectivity index (χ1n) is 7.28. The van der Waals surface area contributed by atoms with Crippen molar-refractivity contribution in [1.82, 2.24) is 5.32 Å². The number of carbonyl (C=O) groups is 1. The summed E-state index contributed by atoms with van der Waals surface area (Å²) in [6, 6.07) is 4.89. The molecule has 2 aliphatic rings. The maximum absolute atomic E-state index is 12.0. The number of hydrogen-bond donors (Lipinski definition) is 1. The van der Waals surface area contributed by atoms with Crippen molar-refractivity contribution >= 4 is 5.97 Å². The van der Waals surface area contributed by atoms with Crippen LogP contribution in [-0.2, 0) is 9.53 Å². The molecule has 116 valence electrons. The SMILES string of the molecule is [C-]#[N+][C@@]1(C)C[C@@H](C(=O)OCC)N[C@H]1c1ccc2c(c1)OCO2. The zero-order valence-electron chi connectivity index (χ0n) is 12.6. The van der Waals surface area contributed by atoms with Crippen molar-refractivity contribution in [3.63, 3.8) is 0 Å². The van der Waals surface area contributed by atoms with Gasteiger partial charge in [-0.25, -0.2) is 6.57 Å². The highest BCUT2D eigenvalue weighted by molar-refractivity contribution is 5.77. The third kappa shape index (κ3) is 2.38. The van der Waals surface area contributed by atoms with Crippen LogP contribution in [0.1, 0.15) is 31.9 Å². The smallest absolute Gasteiger partial charge is 0.323 e. The van der Waals surface area contributed by atoms with Crippen LogP contribution in [0.15, 0.2) is 18.2 Å². The summed E-state index contributed by atoms with van der Waals surface area (Å²) in [4.78, 5) is 15.8. The number of carbonyl (C=O) groups excluding carboxylic acids is 1. The fraction of sp³-hybridized carbons (Fsp3) is 0.500. The van der Waals surface area contributed by atoms with Crippen molar-refractivity contribution < 1.29 is 19.0 Å². The molecule has 6 heteroatoms. The van der Waals surface area contributed by atoms with Crippen LogP contribution in [-0.4, -0.2) is 30.9 Å². The number of nitrogens with one attached hydrogen (secondary N) is 1. The lowest BCUT2D eigenvalue weighted by Crippen LogP contribution is -2.34. The molecule has 0 spiro atoms. The predicted molar refractivity (Wildman–Crippen MR) is 78.5 cm³/mol. The van der Waals surface area contributed by atoms with Gasteiger partial charge >= 0.3 is 5.97 Å². The molecule has 2 heterocycles. The van der Waals surface area contributed by atoms with E-state index in [9.17, 15) is 4.79 Å². The van der Waals surface area contributed by atoms with Crippen molar-refractivity contribution in [1.29, 1.82) is 0 Å². The van der Waals surface area contributed by atoms with Gasteiger partial charge in [0.15, 0.2) is 11.5 Å². The largest absolute Gasteiger partial charge is 0.465 e. The second-order valence-corrected chi connectivity index (χ2v) is 5.69. The van der Waals surface area contributed by atoms with E-state index in [-0.39, 0.29) is 18.8 Å². The first kappa shape index (κ1) is 14.7. The van der Waals surface area contributed by atoms with E-state index in [2.05, 4.69) is 10.2 Å². The molecule has 2 aliphatic heterocycles. The van der Waals surface area contributed by atoms with Gasteiger partial charge in [0.2, 0.25) is 6.79 Å². The summed E-state index contributed by atoms with van der Waals surface area (Å²) in [7, 11) is 0. The first-order valence-corrected chi connectivity index (χ1v) is 7.28. The van der Waals surface area contributed by atoms with Crippen molar-refractivity contribution in [2.75, 3.05) is 13.4 Å². The number of hydrogen-bond acceptors (Lipinski definition) is 5. The Hall–Kier alpha value is -2.26. The third-order valence-electron chi connectivity index (χ3n) is 4.16. The first-order chi connectivity index (χ1) is 10.6. The number of benzene rings is 1. The lowest BCUT2D eigenvalue weighted by molar-refractivity contribution is -0.145. The Kier molecular flexibility index (Phi) is 3.67. The van der Waals surface area contributed by atoms with Crippen molar-refractivity contribution in [3.8, 4) is 11.5 Å². The van der Waals surface area contributed by atoms with E-state index in [1.807, 2.05) is 25.1 Å². The molecule has 0 bridgehead atoms. The molecule has 22 heavy (non-hydrogen) atoms. The summed E-state index contributed by atoms with van der Waals surface area (Å²) in [6.45, 7) is 11.7. The van der Waals surface area contributed by atoms with E-state index in [4.69, 9.17) is 20.8 Å². The van der Waals surface area contributed by atoms with Gasteiger partial charge in [0.25, 0.3) is 5.54 Å². The van der Waals surface area contributed by atoms with E-state index < -0.39 is 11.6 Å². The molecule has 3 atom stereocenters. The molecule has 1 aromatic carbocycles. The molecule has 0 aromatic heterocycles. The minimum absolute atomic E-state index is 0.211. The fourth-order valence-corrected chi connectivity index (χ4v) is 3.02. The molecule has 1 aromatic rings. The fourth-order valence-electron chi connectivity index (χ4n) is 3.02. The van der Waals surface area contributed by atoms with E-state index in [0.29, 0.717) is 24.5 Å². The topological polar surface area (TPSA) is 61.2 Å². The maximum Gasteiger partial charge on any atom is 0.323 e. The van der Waals surface area contributed by atoms with E-state index in [0.717, 1.165) is 5.56 Å². The van der Waals surface area contributed by atoms with E-state index in [1.165, 1.54) is 0 Å². The lowest BCUT2D eigenvalue weighted by atomic mass is 9.87. The van der Waals surface area contributed by atoms with Crippen LogP contribution in [0.2, 0.25) is 0 Å². The number of esters is 1. The van der Waals surface area contributed by atoms with Crippen molar-refractivity contribution in [2.24, 2.45) is 0 Å². The Labute approximate surface area is 129 Å². The summed E-state index contributed by atoms with van der Waals surface area (Å²) in [5.41, 5.74) is 0.208. The second kappa shape index (κ2) is 5.50. The van der Waals surface area contributed by atoms with E-state index in [1.54, 1.807) is 6.92 Å². The molecule has 0 aliphatic carbocycles. The van der Waals surface area contributed by atoms with Gasteiger partial charge < -0.3 is 19.1 Å². The van der Waals surface area contributed by atoms with Crippen LogP contribution in [0.5, 0.6) is 11.5 Å². The second-order valence-electron chi connectivity index (χ2n) is 5.69. The molecule has 0 saturated carbocycles. The minimum atomic E-state index is -0.703. The Balaban J connectivity index is 1.88. The Morgan fingerprint density at radius 1 is 1.50 bits per heavy atom. The average molecular weight is 302 g/mol. The number of rotatable bonds is 3. The summed E-state index contributed by atoms with van der Waals surface area (Å²) in [5.74, 6) is 1.07. The molecule has 1 fully saturated rings. The summed E-state index contributed by atoms with van der Waals surface area (Å²) >= 11 is 0. The van der Waals surface area contributed by atoms with E-state index >= 15 is 0 Å². The molecule has 1 saturated heterocycles. The average Bonchev–Trinajstić information content (AvgIpc) is 3.11. The number of nitrogens with zero attached hydrogens (tertiary/aromatic N) is 1. The van der Waals surface area contributed by atoms with Gasteiger partial charge in [-0.05, 0) is 24.6 Å². The summed E-state index contributed by atoms with van der Waals surface area (Å²) in [5, 5.41) is 3.24. The minimum Gasteiger partial charge on any atom is -0.465 e. The summed E-state index contributed by atoms with van der Waals surface area (Å²) < 4.78 is 15.8. The van der Waals surface area contributed by atoms with Gasteiger partial charge in [-0.3, -0.25) is 10.1 Å². The van der Waals surface area contributed by atoms with Gasteiger partial charge in [-0.15, -0.1) is 0 Å². The Bertz CT molecular complexity index is 640. The highest BCUT2D eigenvalue weighted by Crippen LogP contribution is 2.43. The van der Waals surface area contributed by atoms with Gasteiger partial charge in [-0.2, -0.15) is 0 Å². The van der Waals surface area contributed by atoms with Gasteiger partial charge in [0.1, 0.15) is 12.1 Å². The van der Waals surface area contributed by atoms with Crippen LogP contribution in [0.4, 0.5) is 0 Å². The molecule has 0 unspecified atom stereocenters. The van der Waals surface area contributed by atoms with Crippen molar-refractivity contribution in [2.45, 2.75) is 37.9 Å². The monoisotopic (exact) mass is 302 g/mol. The summed E-state index contributed by atoms with van der Waals surface area (Å²) in [6.07, 6.45) is 0.425. The molecular formula is C16H18N2O4. The predicted octanol–water partition coefficient (Wildman–Crippen LogP) is 2.06. The zero-order chi connectivity index (χ0) is 15.7. The normalized spacial score (nSPS) is 29.1. The molecule has 0 amide bonds. The molecule has 1 N–H and O–H groups in total. The van der Waals surface area contributed by atoms with Gasteiger partial charge in [0.05, 0.1) is 13.0 Å². The quantitative estimate of drug-likeness (QED) is 0.684. The lowest BCUT2D eigenvalue weighted by Gasteiger charge is -2.19. The maximum atomic E-state index is 12.0. The van der Waals surface area contributed by atoms with Crippen molar-refractivity contribution in [3.05, 3.63) is 35.2 Å². The molecule has 6 nitrogen and oxygen atoms in total. The van der Waals surface area contributed by atoms with Crippen LogP contribution in [0.3, 0.4) is 0 Å². The number of ether oxygens (including phenoxy) is 3. The third-order valence-corrected chi connectivity index (χ3v) is 4.16. The van der Waals surface area contributed by atoms with Gasteiger partial charge in [0, 0.05) is 6.92 Å². The number of fused-ring (bicyclic) bond motifs is 1. The van der Waals surface area contributed by atoms with Crippen LogP contribution >= 0.6 is 0 Å². The van der Waals surface area contributed by atoms with Crippen LogP contribution < -0.4 is 14.8 Å². The van der Waals surface area contributed by atoms with Crippen LogP contribution in [0, 0.1) is 6.57 Å². The zero-order valence-corrected chi connectivity index (χ0v) is 12.6. The molecular weight excluding hydrogens is 284 g/mol. The Morgan fingerprint density at radius 3 is 3.00 bits per heavy atom. The molecule has 3 rings (SSSR count).